The molecule has 12 nitrogen and oxygen atoms in total. The third-order valence-corrected chi connectivity index (χ3v) is 4.16. The molecule has 0 radical (unpaired) electrons. The van der Waals surface area contributed by atoms with Gasteiger partial charge in [0.15, 0.2) is 11.5 Å². The highest BCUT2D eigenvalue weighted by Crippen LogP contribution is 2.31. The average Bonchev–Trinajstić information content (AvgIpc) is 2.73. The van der Waals surface area contributed by atoms with Gasteiger partial charge in [-0.3, -0.25) is 4.79 Å². The maximum atomic E-state index is 11.9. The first-order chi connectivity index (χ1) is 15.4. The van der Waals surface area contributed by atoms with E-state index >= 15 is 0 Å². The molecule has 2 atom stereocenters. The molecule has 3 N–H and O–H groups in total. The van der Waals surface area contributed by atoms with Crippen molar-refractivity contribution < 1.29 is 52.7 Å². The summed E-state index contributed by atoms with van der Waals surface area (Å²) in [7, 11) is 2.17. The van der Waals surface area contributed by atoms with Crippen LogP contribution in [0.3, 0.4) is 0 Å². The Balaban J connectivity index is 3.05. The second-order valence-electron chi connectivity index (χ2n) is 7.62. The van der Waals surface area contributed by atoms with Crippen LogP contribution in [0.5, 0.6) is 11.5 Å². The lowest BCUT2D eigenvalue weighted by Crippen LogP contribution is -2.52. The Hall–Kier alpha value is -3.54. The van der Waals surface area contributed by atoms with Crippen molar-refractivity contribution in [2.45, 2.75) is 45.3 Å². The van der Waals surface area contributed by atoms with Gasteiger partial charge in [-0.2, -0.15) is 0 Å². The van der Waals surface area contributed by atoms with Gasteiger partial charge < -0.3 is 39.3 Å². The van der Waals surface area contributed by atoms with Gasteiger partial charge in [0.1, 0.15) is 11.6 Å². The summed E-state index contributed by atoms with van der Waals surface area (Å²) in [6.07, 6.45) is -4.45. The minimum Gasteiger partial charge on any atom is -0.480 e. The first-order valence-corrected chi connectivity index (χ1v) is 9.90. The Kier molecular flexibility index (Phi) is 10.4. The van der Waals surface area contributed by atoms with Crippen molar-refractivity contribution in [2.75, 3.05) is 20.8 Å². The third-order valence-electron chi connectivity index (χ3n) is 4.16. The van der Waals surface area contributed by atoms with Crippen LogP contribution in [0.15, 0.2) is 18.2 Å². The van der Waals surface area contributed by atoms with Crippen LogP contribution in [0.2, 0.25) is 0 Å². The summed E-state index contributed by atoms with van der Waals surface area (Å²) in [6, 6.07) is 3.97. The van der Waals surface area contributed by atoms with E-state index in [2.05, 4.69) is 9.47 Å². The maximum Gasteiger partial charge on any atom is 0.513 e. The summed E-state index contributed by atoms with van der Waals surface area (Å²) >= 11 is 0. The quantitative estimate of drug-likeness (QED) is 0.291. The van der Waals surface area contributed by atoms with Crippen molar-refractivity contribution in [3.63, 3.8) is 0 Å². The molecule has 0 saturated heterocycles. The van der Waals surface area contributed by atoms with Crippen molar-refractivity contribution in [3.8, 4) is 11.5 Å². The fraction of sp³-hybridized carbons (Fsp3) is 0.524. The number of rotatable bonds is 10. The second kappa shape index (κ2) is 12.5. The summed E-state index contributed by atoms with van der Waals surface area (Å²) in [5.41, 5.74) is 4.59. The zero-order valence-electron chi connectivity index (χ0n) is 19.1. The van der Waals surface area contributed by atoms with E-state index in [1.807, 2.05) is 13.8 Å². The number of aliphatic carboxylic acids is 1. The van der Waals surface area contributed by atoms with Crippen molar-refractivity contribution in [1.82, 2.24) is 0 Å². The lowest BCUT2D eigenvalue weighted by molar-refractivity contribution is -0.144. The zero-order chi connectivity index (χ0) is 25.2. The van der Waals surface area contributed by atoms with E-state index in [-0.39, 0.29) is 36.9 Å². The van der Waals surface area contributed by atoms with Gasteiger partial charge in [-0.25, -0.2) is 14.4 Å². The first-order valence-electron chi connectivity index (χ1n) is 9.90. The van der Waals surface area contributed by atoms with Crippen LogP contribution in [-0.2, 0) is 30.2 Å². The minimum atomic E-state index is -1.86. The van der Waals surface area contributed by atoms with Gasteiger partial charge in [0.2, 0.25) is 0 Å². The second-order valence-corrected chi connectivity index (χ2v) is 7.62. The minimum absolute atomic E-state index is 0.105. The molecule has 0 aliphatic heterocycles. The largest absolute Gasteiger partial charge is 0.513 e. The van der Waals surface area contributed by atoms with Crippen LogP contribution in [0.25, 0.3) is 0 Å². The molecule has 0 amide bonds. The molecule has 1 aromatic carbocycles. The molecule has 1 unspecified atom stereocenters. The van der Waals surface area contributed by atoms with Crippen molar-refractivity contribution in [2.24, 2.45) is 11.7 Å². The normalized spacial score (nSPS) is 13.3. The SMILES string of the molecule is COC(=O)Oc1ccc(CC(N)(C[C@H](C)OC(=O)OCC(C)C)C(=O)O)cc1OC(=O)OC. The van der Waals surface area contributed by atoms with E-state index in [4.69, 9.17) is 24.7 Å². The van der Waals surface area contributed by atoms with Gasteiger partial charge in [0.25, 0.3) is 0 Å². The molecular formula is C21H29NO11. The number of carbonyl (C=O) groups excluding carboxylic acids is 3. The summed E-state index contributed by atoms with van der Waals surface area (Å²) in [4.78, 5) is 46.6. The number of ether oxygens (including phenoxy) is 6. The topological polar surface area (TPSA) is 170 Å². The Morgan fingerprint density at radius 2 is 1.55 bits per heavy atom. The van der Waals surface area contributed by atoms with Gasteiger partial charge >= 0.3 is 24.4 Å². The molecule has 0 fully saturated rings. The number of carbonyl (C=O) groups is 4. The molecule has 0 heterocycles. The van der Waals surface area contributed by atoms with Crippen LogP contribution < -0.4 is 15.2 Å². The molecule has 1 rings (SSSR count). The van der Waals surface area contributed by atoms with Crippen LogP contribution >= 0.6 is 0 Å². The van der Waals surface area contributed by atoms with Crippen LogP contribution in [0, 0.1) is 5.92 Å². The summed E-state index contributed by atoms with van der Waals surface area (Å²) in [5, 5.41) is 9.72. The van der Waals surface area contributed by atoms with E-state index in [9.17, 15) is 24.3 Å². The Bertz CT molecular complexity index is 855. The van der Waals surface area contributed by atoms with Crippen LogP contribution in [-0.4, -0.2) is 62.0 Å². The number of carboxylic acids is 1. The standard InChI is InChI=1S/C21H29NO11/c1-12(2)11-30-20(27)31-13(3)9-21(22,17(23)24)10-14-6-7-15(32-18(25)28-4)16(8-14)33-19(26)29-5/h6-8,12-13H,9-11,22H2,1-5H3,(H,23,24)/t13-,21?/m0/s1. The highest BCUT2D eigenvalue weighted by atomic mass is 16.7. The number of methoxy groups -OCH3 is 2. The Labute approximate surface area is 190 Å². The van der Waals surface area contributed by atoms with E-state index < -0.39 is 36.1 Å². The molecule has 0 aromatic heterocycles. The number of hydrogen-bond acceptors (Lipinski definition) is 11. The highest BCUT2D eigenvalue weighted by Gasteiger charge is 2.37. The van der Waals surface area contributed by atoms with Crippen molar-refractivity contribution in [1.29, 1.82) is 0 Å². The molecule has 0 spiro atoms. The van der Waals surface area contributed by atoms with Crippen molar-refractivity contribution >= 4 is 24.4 Å². The van der Waals surface area contributed by atoms with Crippen molar-refractivity contribution in [3.05, 3.63) is 23.8 Å². The molecule has 184 valence electrons. The van der Waals surface area contributed by atoms with Crippen LogP contribution in [0.1, 0.15) is 32.8 Å². The summed E-state index contributed by atoms with van der Waals surface area (Å²) < 4.78 is 28.7. The average molecular weight is 471 g/mol. The number of benzene rings is 1. The predicted octanol–water partition coefficient (Wildman–Crippen LogP) is 2.89. The smallest absolute Gasteiger partial charge is 0.480 e. The number of hydrogen-bond donors (Lipinski definition) is 2. The highest BCUT2D eigenvalue weighted by molar-refractivity contribution is 5.79. The molecule has 12 heteroatoms. The Morgan fingerprint density at radius 1 is 0.970 bits per heavy atom. The third kappa shape index (κ3) is 9.23. The number of carboxylic acid groups (broad SMARTS) is 1. The summed E-state index contributed by atoms with van der Waals surface area (Å²) in [5.74, 6) is -1.63. The van der Waals surface area contributed by atoms with Gasteiger partial charge in [-0.05, 0) is 30.5 Å². The molecule has 0 aliphatic carbocycles. The molecule has 1 aromatic rings. The van der Waals surface area contributed by atoms with E-state index in [1.165, 1.54) is 25.1 Å². The van der Waals surface area contributed by atoms with Gasteiger partial charge in [-0.15, -0.1) is 0 Å². The Morgan fingerprint density at radius 3 is 2.06 bits per heavy atom. The molecule has 0 saturated carbocycles. The molecule has 0 bridgehead atoms. The first kappa shape index (κ1) is 27.5. The van der Waals surface area contributed by atoms with Crippen LogP contribution in [0.4, 0.5) is 14.4 Å². The molecule has 33 heavy (non-hydrogen) atoms. The number of nitrogens with two attached hydrogens (primary N) is 1. The van der Waals surface area contributed by atoms with E-state index in [0.29, 0.717) is 5.56 Å². The van der Waals surface area contributed by atoms with Gasteiger partial charge in [0.05, 0.1) is 20.8 Å². The predicted molar refractivity (Wildman–Crippen MR) is 112 cm³/mol. The zero-order valence-corrected chi connectivity index (χ0v) is 19.1. The fourth-order valence-electron chi connectivity index (χ4n) is 2.68. The lowest BCUT2D eigenvalue weighted by Gasteiger charge is -2.28. The van der Waals surface area contributed by atoms with Gasteiger partial charge in [-0.1, -0.05) is 19.9 Å². The monoisotopic (exact) mass is 471 g/mol. The molecular weight excluding hydrogens is 442 g/mol. The lowest BCUT2D eigenvalue weighted by atomic mass is 9.86. The van der Waals surface area contributed by atoms with Gasteiger partial charge in [0, 0.05) is 12.8 Å². The van der Waals surface area contributed by atoms with E-state index in [0.717, 1.165) is 14.2 Å². The maximum absolute atomic E-state index is 11.9. The summed E-state index contributed by atoms with van der Waals surface area (Å²) in [6.45, 7) is 5.35. The van der Waals surface area contributed by atoms with E-state index in [1.54, 1.807) is 0 Å². The fourth-order valence-corrected chi connectivity index (χ4v) is 2.68. The molecule has 0 aliphatic rings.